The van der Waals surface area contributed by atoms with Crippen LogP contribution in [0.3, 0.4) is 0 Å². The zero-order valence-corrected chi connectivity index (χ0v) is 19.1. The number of para-hydroxylation sites is 1. The molecule has 0 aromatic heterocycles. The second-order valence-corrected chi connectivity index (χ2v) is 8.30. The number of aliphatic hydroxyl groups is 1. The third-order valence-electron chi connectivity index (χ3n) is 5.57. The van der Waals surface area contributed by atoms with Crippen molar-refractivity contribution < 1.29 is 23.8 Å². The smallest absolute Gasteiger partial charge is 0.145 e. The number of methoxy groups -OCH3 is 1. The Morgan fingerprint density at radius 3 is 2.59 bits per heavy atom. The number of hydrogen-bond donors (Lipinski definition) is 1. The Morgan fingerprint density at radius 2 is 1.82 bits per heavy atom. The van der Waals surface area contributed by atoms with Crippen molar-refractivity contribution in [1.82, 2.24) is 4.90 Å². The average Bonchev–Trinajstić information content (AvgIpc) is 3.32. The Bertz CT molecular complexity index is 1080. The van der Waals surface area contributed by atoms with Gasteiger partial charge in [-0.15, -0.1) is 0 Å². The maximum Gasteiger partial charge on any atom is 0.145 e. The maximum atomic E-state index is 13.3. The Kier molecular flexibility index (Phi) is 8.12. The molecule has 0 radical (unpaired) electrons. The molecule has 1 N–H and O–H groups in total. The number of benzene rings is 3. The van der Waals surface area contributed by atoms with E-state index in [1.165, 1.54) is 12.1 Å². The number of ether oxygens (including phenoxy) is 2. The minimum atomic E-state index is -0.690. The van der Waals surface area contributed by atoms with Crippen molar-refractivity contribution in [1.29, 1.82) is 0 Å². The number of aliphatic hydroxyl groups excluding tert-OH is 1. The lowest BCUT2D eigenvalue weighted by atomic mass is 10.0. The molecule has 178 valence electrons. The predicted molar refractivity (Wildman–Crippen MR) is 129 cm³/mol. The minimum absolute atomic E-state index is 0.173. The van der Waals surface area contributed by atoms with Crippen LogP contribution in [0.15, 0.2) is 84.0 Å². The van der Waals surface area contributed by atoms with Gasteiger partial charge in [0.05, 0.1) is 12.8 Å². The lowest BCUT2D eigenvalue weighted by Crippen LogP contribution is -2.39. The van der Waals surface area contributed by atoms with Gasteiger partial charge in [-0.1, -0.05) is 47.6 Å². The van der Waals surface area contributed by atoms with Crippen LogP contribution in [-0.2, 0) is 11.4 Å². The summed E-state index contributed by atoms with van der Waals surface area (Å²) in [5.74, 6) is 1.22. The molecule has 0 aliphatic carbocycles. The van der Waals surface area contributed by atoms with Crippen LogP contribution in [-0.4, -0.2) is 54.7 Å². The third-order valence-corrected chi connectivity index (χ3v) is 5.57. The lowest BCUT2D eigenvalue weighted by molar-refractivity contribution is 0.0213. The van der Waals surface area contributed by atoms with Gasteiger partial charge >= 0.3 is 0 Å². The van der Waals surface area contributed by atoms with Gasteiger partial charge < -0.3 is 19.4 Å². The molecule has 3 aromatic rings. The van der Waals surface area contributed by atoms with Crippen LogP contribution in [0.4, 0.5) is 4.39 Å². The van der Waals surface area contributed by atoms with Crippen LogP contribution in [0, 0.1) is 5.82 Å². The van der Waals surface area contributed by atoms with Crippen molar-refractivity contribution in [3.8, 4) is 11.5 Å². The molecule has 0 spiro atoms. The Balaban J connectivity index is 1.39. The van der Waals surface area contributed by atoms with E-state index in [9.17, 15) is 9.50 Å². The third kappa shape index (κ3) is 6.79. The van der Waals surface area contributed by atoms with E-state index in [0.29, 0.717) is 26.1 Å². The molecule has 0 bridgehead atoms. The average molecular weight is 465 g/mol. The van der Waals surface area contributed by atoms with Gasteiger partial charge in [-0.05, 0) is 47.5 Å². The minimum Gasteiger partial charge on any atom is -0.497 e. The highest BCUT2D eigenvalue weighted by Gasteiger charge is 2.26. The second kappa shape index (κ2) is 11.6. The molecule has 1 aliphatic heterocycles. The first-order valence-electron chi connectivity index (χ1n) is 11.3. The van der Waals surface area contributed by atoms with Crippen LogP contribution >= 0.6 is 0 Å². The van der Waals surface area contributed by atoms with E-state index in [0.717, 1.165) is 28.3 Å². The normalized spacial score (nSPS) is 16.1. The molecule has 0 saturated carbocycles. The molecule has 4 rings (SSSR count). The molecule has 3 aromatic carbocycles. The lowest BCUT2D eigenvalue weighted by Gasteiger charge is -2.27. The Labute approximate surface area is 199 Å². The van der Waals surface area contributed by atoms with E-state index in [4.69, 9.17) is 14.3 Å². The highest BCUT2D eigenvalue weighted by atomic mass is 19.1. The zero-order chi connectivity index (χ0) is 23.8. The molecular formula is C27H29FN2O4. The molecule has 0 unspecified atom stereocenters. The highest BCUT2D eigenvalue weighted by molar-refractivity contribution is 6.01. The standard InChI is InChI=1S/C27H29FN2O4/c1-32-25-9-5-6-20(14-25)16-30(17-23(31)19-33-24-7-3-2-4-8-24)18-26-15-27(29-34-26)21-10-12-22(28)13-11-21/h2-14,23,26,31H,15-19H2,1H3/t23-,26+/m1/s1. The summed E-state index contributed by atoms with van der Waals surface area (Å²) in [7, 11) is 1.64. The van der Waals surface area contributed by atoms with E-state index in [-0.39, 0.29) is 18.5 Å². The molecule has 6 nitrogen and oxygen atoms in total. The maximum absolute atomic E-state index is 13.3. The molecule has 34 heavy (non-hydrogen) atoms. The second-order valence-electron chi connectivity index (χ2n) is 8.30. The van der Waals surface area contributed by atoms with Crippen molar-refractivity contribution in [2.45, 2.75) is 25.2 Å². The fourth-order valence-electron chi connectivity index (χ4n) is 3.92. The summed E-state index contributed by atoms with van der Waals surface area (Å²) in [5.41, 5.74) is 2.70. The largest absolute Gasteiger partial charge is 0.497 e. The summed E-state index contributed by atoms with van der Waals surface area (Å²) >= 11 is 0. The van der Waals surface area contributed by atoms with Gasteiger partial charge in [0.25, 0.3) is 0 Å². The van der Waals surface area contributed by atoms with Crippen molar-refractivity contribution in [3.05, 3.63) is 95.8 Å². The number of nitrogens with zero attached hydrogens (tertiary/aromatic N) is 2. The zero-order valence-electron chi connectivity index (χ0n) is 19.1. The number of hydrogen-bond acceptors (Lipinski definition) is 6. The molecule has 0 fully saturated rings. The molecule has 7 heteroatoms. The van der Waals surface area contributed by atoms with E-state index < -0.39 is 6.10 Å². The quantitative estimate of drug-likeness (QED) is 0.459. The summed E-state index contributed by atoms with van der Waals surface area (Å²) in [6.45, 7) is 1.75. The number of oxime groups is 1. The fourth-order valence-corrected chi connectivity index (χ4v) is 3.92. The van der Waals surface area contributed by atoms with Crippen LogP contribution in [0.1, 0.15) is 17.5 Å². The van der Waals surface area contributed by atoms with Gasteiger partial charge in [-0.25, -0.2) is 4.39 Å². The monoisotopic (exact) mass is 464 g/mol. The number of rotatable bonds is 11. The molecule has 2 atom stereocenters. The predicted octanol–water partition coefficient (Wildman–Crippen LogP) is 4.27. The Hall–Kier alpha value is -3.42. The van der Waals surface area contributed by atoms with E-state index >= 15 is 0 Å². The first-order chi connectivity index (χ1) is 16.6. The van der Waals surface area contributed by atoms with Gasteiger partial charge in [0.1, 0.15) is 36.1 Å². The summed E-state index contributed by atoms with van der Waals surface area (Å²) < 4.78 is 24.3. The van der Waals surface area contributed by atoms with E-state index in [1.807, 2.05) is 54.6 Å². The first kappa shape index (κ1) is 23.7. The molecule has 1 aliphatic rings. The van der Waals surface area contributed by atoms with Gasteiger partial charge in [0, 0.05) is 26.1 Å². The van der Waals surface area contributed by atoms with E-state index in [2.05, 4.69) is 10.1 Å². The van der Waals surface area contributed by atoms with Gasteiger partial charge in [0.2, 0.25) is 0 Å². The summed E-state index contributed by atoms with van der Waals surface area (Å²) in [6, 6.07) is 23.5. The highest BCUT2D eigenvalue weighted by Crippen LogP contribution is 2.20. The summed E-state index contributed by atoms with van der Waals surface area (Å²) in [6.07, 6.45) is -0.255. The molecule has 1 heterocycles. The number of halogens is 1. The van der Waals surface area contributed by atoms with Crippen molar-refractivity contribution in [3.63, 3.8) is 0 Å². The van der Waals surface area contributed by atoms with Crippen LogP contribution in [0.25, 0.3) is 0 Å². The van der Waals surface area contributed by atoms with E-state index in [1.54, 1.807) is 19.2 Å². The molecule has 0 saturated heterocycles. The van der Waals surface area contributed by atoms with Crippen molar-refractivity contribution >= 4 is 5.71 Å². The van der Waals surface area contributed by atoms with Crippen LogP contribution in [0.5, 0.6) is 11.5 Å². The first-order valence-corrected chi connectivity index (χ1v) is 11.3. The molecule has 0 amide bonds. The Morgan fingerprint density at radius 1 is 1.06 bits per heavy atom. The van der Waals surface area contributed by atoms with Gasteiger partial charge in [-0.2, -0.15) is 0 Å². The van der Waals surface area contributed by atoms with Crippen molar-refractivity contribution in [2.24, 2.45) is 5.16 Å². The van der Waals surface area contributed by atoms with Crippen LogP contribution < -0.4 is 9.47 Å². The topological polar surface area (TPSA) is 63.5 Å². The molecular weight excluding hydrogens is 435 g/mol. The summed E-state index contributed by atoms with van der Waals surface area (Å²) in [4.78, 5) is 7.82. The van der Waals surface area contributed by atoms with Crippen molar-refractivity contribution in [2.75, 3.05) is 26.8 Å². The van der Waals surface area contributed by atoms with Crippen LogP contribution in [0.2, 0.25) is 0 Å². The van der Waals surface area contributed by atoms with Gasteiger partial charge in [-0.3, -0.25) is 4.90 Å². The van der Waals surface area contributed by atoms with Gasteiger partial charge in [0.15, 0.2) is 0 Å². The SMILES string of the molecule is COc1cccc(CN(C[C@@H](O)COc2ccccc2)C[C@@H]2CC(c3ccc(F)cc3)=NO2)c1. The summed E-state index contributed by atoms with van der Waals surface area (Å²) in [5, 5.41) is 14.9. The fraction of sp³-hybridized carbons (Fsp3) is 0.296.